The average Bonchev–Trinajstić information content (AvgIpc) is 3.57. The molecule has 0 spiro atoms. The van der Waals surface area contributed by atoms with Gasteiger partial charge in [0.15, 0.2) is 0 Å². The number of hydrogen-bond acceptors (Lipinski definition) is 5. The van der Waals surface area contributed by atoms with Crippen molar-refractivity contribution in [2.75, 3.05) is 16.6 Å². The highest BCUT2D eigenvalue weighted by atomic mass is 32.2. The molecule has 6 rings (SSSR count). The first-order valence-corrected chi connectivity index (χ1v) is 12.8. The molecule has 1 saturated carbocycles. The van der Waals surface area contributed by atoms with Crippen LogP contribution in [-0.2, 0) is 16.4 Å². The molecule has 2 aliphatic rings. The highest BCUT2D eigenvalue weighted by Gasteiger charge is 2.31. The fourth-order valence-electron chi connectivity index (χ4n) is 5.30. The van der Waals surface area contributed by atoms with Crippen LogP contribution in [0.25, 0.3) is 22.2 Å². The second-order valence-corrected chi connectivity index (χ2v) is 10.7. The van der Waals surface area contributed by atoms with Gasteiger partial charge in [-0.3, -0.25) is 4.31 Å². The number of aromatic nitrogens is 3. The van der Waals surface area contributed by atoms with Crippen LogP contribution in [0, 0.1) is 0 Å². The van der Waals surface area contributed by atoms with Crippen LogP contribution in [0.5, 0.6) is 0 Å². The van der Waals surface area contributed by atoms with E-state index in [2.05, 4.69) is 26.8 Å². The first kappa shape index (κ1) is 20.2. The third-order valence-electron chi connectivity index (χ3n) is 6.93. The molecular formula is C25H25N5O2S. The summed E-state index contributed by atoms with van der Waals surface area (Å²) < 4.78 is 30.2. The van der Waals surface area contributed by atoms with Gasteiger partial charge in [0.2, 0.25) is 0 Å². The van der Waals surface area contributed by atoms with E-state index >= 15 is 0 Å². The largest absolute Gasteiger partial charge is 0.383 e. The summed E-state index contributed by atoms with van der Waals surface area (Å²) in [6.07, 6.45) is 9.09. The normalized spacial score (nSPS) is 16.5. The molecule has 2 aromatic carbocycles. The second-order valence-electron chi connectivity index (χ2n) is 8.83. The Balaban J connectivity index is 1.44. The number of benzene rings is 2. The highest BCUT2D eigenvalue weighted by Crippen LogP contribution is 2.41. The lowest BCUT2D eigenvalue weighted by atomic mass is 10.0. The van der Waals surface area contributed by atoms with Gasteiger partial charge in [0.25, 0.3) is 10.0 Å². The van der Waals surface area contributed by atoms with Crippen molar-refractivity contribution in [3.05, 3.63) is 66.6 Å². The molecular weight excluding hydrogens is 434 g/mol. The Bertz CT molecular complexity index is 1460. The Labute approximate surface area is 192 Å². The highest BCUT2D eigenvalue weighted by molar-refractivity contribution is 7.92. The first-order chi connectivity index (χ1) is 16.0. The zero-order valence-electron chi connectivity index (χ0n) is 18.2. The minimum atomic E-state index is -3.59. The lowest BCUT2D eigenvalue weighted by Gasteiger charge is -2.19. The van der Waals surface area contributed by atoms with Gasteiger partial charge in [-0.2, -0.15) is 0 Å². The predicted octanol–water partition coefficient (Wildman–Crippen LogP) is 4.55. The van der Waals surface area contributed by atoms with Crippen LogP contribution in [-0.4, -0.2) is 29.5 Å². The fraction of sp³-hybridized carbons (Fsp3) is 0.280. The summed E-state index contributed by atoms with van der Waals surface area (Å²) in [4.78, 5) is 9.13. The summed E-state index contributed by atoms with van der Waals surface area (Å²) in [5.74, 6) is 0.473. The first-order valence-electron chi connectivity index (χ1n) is 11.4. The Kier molecular flexibility index (Phi) is 4.65. The molecule has 0 radical (unpaired) electrons. The van der Waals surface area contributed by atoms with E-state index in [0.29, 0.717) is 29.7 Å². The molecule has 1 aliphatic carbocycles. The number of anilines is 2. The van der Waals surface area contributed by atoms with E-state index in [1.54, 1.807) is 24.3 Å². The molecule has 1 fully saturated rings. The minimum Gasteiger partial charge on any atom is -0.383 e. The van der Waals surface area contributed by atoms with E-state index in [9.17, 15) is 8.42 Å². The summed E-state index contributed by atoms with van der Waals surface area (Å²) in [5.41, 5.74) is 11.0. The van der Waals surface area contributed by atoms with E-state index in [0.717, 1.165) is 46.3 Å². The lowest BCUT2D eigenvalue weighted by Crippen LogP contribution is -2.29. The van der Waals surface area contributed by atoms with Gasteiger partial charge in [-0.05, 0) is 54.7 Å². The monoisotopic (exact) mass is 459 g/mol. The number of nitrogens with zero attached hydrogens (tertiary/aromatic N) is 4. The molecule has 0 amide bonds. The topological polar surface area (TPSA) is 94.1 Å². The van der Waals surface area contributed by atoms with E-state index in [1.165, 1.54) is 23.5 Å². The van der Waals surface area contributed by atoms with Gasteiger partial charge in [-0.1, -0.05) is 37.1 Å². The van der Waals surface area contributed by atoms with Gasteiger partial charge in [0, 0.05) is 24.3 Å². The van der Waals surface area contributed by atoms with Crippen molar-refractivity contribution >= 4 is 32.6 Å². The SMILES string of the molecule is Nc1ncnc2c1c(-c1ccc3c(c1)CCN3S(=O)(=O)c1ccccc1)cn2C1CCCC1. The minimum absolute atomic E-state index is 0.312. The van der Waals surface area contributed by atoms with Crippen molar-refractivity contribution < 1.29 is 8.42 Å². The van der Waals surface area contributed by atoms with Gasteiger partial charge in [0.05, 0.1) is 16.0 Å². The summed E-state index contributed by atoms with van der Waals surface area (Å²) in [6.45, 7) is 0.436. The van der Waals surface area contributed by atoms with E-state index in [1.807, 2.05) is 18.2 Å². The van der Waals surface area contributed by atoms with Gasteiger partial charge in [0.1, 0.15) is 17.8 Å². The summed E-state index contributed by atoms with van der Waals surface area (Å²) >= 11 is 0. The number of fused-ring (bicyclic) bond motifs is 2. The van der Waals surface area contributed by atoms with Gasteiger partial charge in [-0.25, -0.2) is 18.4 Å². The van der Waals surface area contributed by atoms with Crippen LogP contribution >= 0.6 is 0 Å². The van der Waals surface area contributed by atoms with Crippen LogP contribution in [0.1, 0.15) is 37.3 Å². The number of rotatable bonds is 4. The summed E-state index contributed by atoms with van der Waals surface area (Å²) in [5, 5.41) is 0.871. The number of hydrogen-bond donors (Lipinski definition) is 1. The van der Waals surface area contributed by atoms with Crippen LogP contribution in [0.3, 0.4) is 0 Å². The van der Waals surface area contributed by atoms with Crippen LogP contribution in [0.2, 0.25) is 0 Å². The number of nitrogen functional groups attached to an aromatic ring is 1. The Morgan fingerprint density at radius 1 is 1.00 bits per heavy atom. The fourth-order valence-corrected chi connectivity index (χ4v) is 6.82. The molecule has 0 bridgehead atoms. The maximum absolute atomic E-state index is 13.2. The smallest absolute Gasteiger partial charge is 0.264 e. The predicted molar refractivity (Wildman–Crippen MR) is 130 cm³/mol. The van der Waals surface area contributed by atoms with Crippen molar-refractivity contribution in [3.8, 4) is 11.1 Å². The van der Waals surface area contributed by atoms with Crippen molar-refractivity contribution in [1.82, 2.24) is 14.5 Å². The number of nitrogens with two attached hydrogens (primary N) is 1. The maximum atomic E-state index is 13.2. The molecule has 2 N–H and O–H groups in total. The standard InChI is InChI=1S/C25H25N5O2S/c26-24-23-21(15-29(19-6-4-5-7-19)25(23)28-16-27-24)17-10-11-22-18(14-17)12-13-30(22)33(31,32)20-8-2-1-3-9-20/h1-3,8-11,14-16,19H,4-7,12-13H2,(H2,26,27,28). The molecule has 0 atom stereocenters. The van der Waals surface area contributed by atoms with Crippen molar-refractivity contribution in [1.29, 1.82) is 0 Å². The molecule has 7 nitrogen and oxygen atoms in total. The molecule has 4 aromatic rings. The van der Waals surface area contributed by atoms with Gasteiger partial charge < -0.3 is 10.3 Å². The molecule has 0 unspecified atom stereocenters. The average molecular weight is 460 g/mol. The van der Waals surface area contributed by atoms with Crippen molar-refractivity contribution in [2.24, 2.45) is 0 Å². The third kappa shape index (κ3) is 3.20. The summed E-state index contributed by atoms with van der Waals surface area (Å²) in [6, 6.07) is 15.0. The Hall–Kier alpha value is -3.39. The van der Waals surface area contributed by atoms with Gasteiger partial charge >= 0.3 is 0 Å². The quantitative estimate of drug-likeness (QED) is 0.483. The molecule has 1 aliphatic heterocycles. The van der Waals surface area contributed by atoms with E-state index in [4.69, 9.17) is 5.73 Å². The van der Waals surface area contributed by atoms with Crippen molar-refractivity contribution in [2.45, 2.75) is 43.0 Å². The van der Waals surface area contributed by atoms with Crippen LogP contribution < -0.4 is 10.0 Å². The zero-order valence-corrected chi connectivity index (χ0v) is 19.0. The zero-order chi connectivity index (χ0) is 22.6. The molecule has 2 aromatic heterocycles. The summed E-state index contributed by atoms with van der Waals surface area (Å²) in [7, 11) is -3.59. The molecule has 3 heterocycles. The third-order valence-corrected chi connectivity index (χ3v) is 8.76. The molecule has 168 valence electrons. The Morgan fingerprint density at radius 3 is 2.58 bits per heavy atom. The van der Waals surface area contributed by atoms with E-state index < -0.39 is 10.0 Å². The maximum Gasteiger partial charge on any atom is 0.264 e. The molecule has 33 heavy (non-hydrogen) atoms. The van der Waals surface area contributed by atoms with Crippen LogP contribution in [0.15, 0.2) is 66.0 Å². The van der Waals surface area contributed by atoms with Crippen LogP contribution in [0.4, 0.5) is 11.5 Å². The lowest BCUT2D eigenvalue weighted by molar-refractivity contribution is 0.532. The number of sulfonamides is 1. The Morgan fingerprint density at radius 2 is 1.79 bits per heavy atom. The van der Waals surface area contributed by atoms with Gasteiger partial charge in [-0.15, -0.1) is 0 Å². The molecule has 0 saturated heterocycles. The van der Waals surface area contributed by atoms with Crippen molar-refractivity contribution in [3.63, 3.8) is 0 Å². The van der Waals surface area contributed by atoms with E-state index in [-0.39, 0.29) is 0 Å². The second kappa shape index (κ2) is 7.59. The molecule has 8 heteroatoms.